The van der Waals surface area contributed by atoms with E-state index in [0.717, 1.165) is 31.7 Å². The second-order valence-corrected chi connectivity index (χ2v) is 6.52. The van der Waals surface area contributed by atoms with Crippen molar-refractivity contribution in [2.24, 2.45) is 11.8 Å². The highest BCUT2D eigenvalue weighted by Crippen LogP contribution is 2.38. The Hall–Kier alpha value is -0.780. The van der Waals surface area contributed by atoms with E-state index in [1.54, 1.807) is 4.90 Å². The lowest BCUT2D eigenvalue weighted by molar-refractivity contribution is -0.135. The number of piperidine rings is 1. The summed E-state index contributed by atoms with van der Waals surface area (Å²) in [4.78, 5) is 13.8. The quantitative estimate of drug-likeness (QED) is 0.818. The number of nitrogens with zero attached hydrogens (tertiary/aromatic N) is 1. The maximum absolute atomic E-state index is 12.4. The van der Waals surface area contributed by atoms with Crippen molar-refractivity contribution < 1.29 is 18.0 Å². The van der Waals surface area contributed by atoms with Gasteiger partial charge in [0.2, 0.25) is 5.91 Å². The lowest BCUT2D eigenvalue weighted by Crippen LogP contribution is -2.52. The Morgan fingerprint density at radius 2 is 1.95 bits per heavy atom. The van der Waals surface area contributed by atoms with Crippen LogP contribution in [0.25, 0.3) is 0 Å². The number of hydrogen-bond donors (Lipinski definition) is 1. The summed E-state index contributed by atoms with van der Waals surface area (Å²) in [6.45, 7) is 2.11. The minimum absolute atomic E-state index is 0.0804. The van der Waals surface area contributed by atoms with Crippen LogP contribution in [0.5, 0.6) is 0 Å². The molecule has 122 valence electrons. The molecule has 2 atom stereocenters. The van der Waals surface area contributed by atoms with Gasteiger partial charge in [0.25, 0.3) is 0 Å². The molecule has 2 aliphatic rings. The lowest BCUT2D eigenvalue weighted by Gasteiger charge is -2.38. The highest BCUT2D eigenvalue weighted by atomic mass is 19.4. The van der Waals surface area contributed by atoms with Gasteiger partial charge in [-0.3, -0.25) is 4.79 Å². The Bertz CT molecular complexity index is 355. The first-order chi connectivity index (χ1) is 9.87. The summed E-state index contributed by atoms with van der Waals surface area (Å²) in [5.74, 6) is 1.16. The number of likely N-dealkylation sites (tertiary alicyclic amines) is 1. The highest BCUT2D eigenvalue weighted by Gasteiger charge is 2.35. The molecule has 6 heteroatoms. The van der Waals surface area contributed by atoms with E-state index in [0.29, 0.717) is 18.9 Å². The SMILES string of the molecule is CCCC(=O)N1CC(CC2CC2)CC(NCC(F)(F)F)C1. The predicted molar refractivity (Wildman–Crippen MR) is 74.8 cm³/mol. The standard InChI is InChI=1S/C15H25F3N2O/c1-2-3-14(21)20-8-12(6-11-4-5-11)7-13(9-20)19-10-15(16,17)18/h11-13,19H,2-10H2,1H3. The number of alkyl halides is 3. The summed E-state index contributed by atoms with van der Waals surface area (Å²) in [6, 6.07) is -0.232. The molecule has 2 unspecified atom stereocenters. The molecule has 1 aliphatic heterocycles. The van der Waals surface area contributed by atoms with Crippen molar-refractivity contribution in [2.45, 2.75) is 57.7 Å². The van der Waals surface area contributed by atoms with Gasteiger partial charge in [0.1, 0.15) is 0 Å². The van der Waals surface area contributed by atoms with Gasteiger partial charge in [-0.1, -0.05) is 19.8 Å². The van der Waals surface area contributed by atoms with Crippen molar-refractivity contribution in [3.8, 4) is 0 Å². The molecule has 1 N–H and O–H groups in total. The molecule has 0 aromatic carbocycles. The van der Waals surface area contributed by atoms with Crippen LogP contribution >= 0.6 is 0 Å². The van der Waals surface area contributed by atoms with E-state index in [1.165, 1.54) is 12.8 Å². The van der Waals surface area contributed by atoms with Gasteiger partial charge < -0.3 is 10.2 Å². The molecule has 1 amide bonds. The van der Waals surface area contributed by atoms with Crippen LogP contribution in [-0.4, -0.2) is 42.7 Å². The van der Waals surface area contributed by atoms with Crippen LogP contribution in [0.1, 0.15) is 45.4 Å². The zero-order chi connectivity index (χ0) is 15.5. The normalized spacial score (nSPS) is 27.0. The fraction of sp³-hybridized carbons (Fsp3) is 0.933. The lowest BCUT2D eigenvalue weighted by atomic mass is 9.89. The Morgan fingerprint density at radius 1 is 1.24 bits per heavy atom. The smallest absolute Gasteiger partial charge is 0.341 e. The van der Waals surface area contributed by atoms with E-state index in [9.17, 15) is 18.0 Å². The molecule has 0 aromatic heterocycles. The monoisotopic (exact) mass is 306 g/mol. The molecule has 3 nitrogen and oxygen atoms in total. The summed E-state index contributed by atoms with van der Waals surface area (Å²) < 4.78 is 37.1. The first-order valence-electron chi connectivity index (χ1n) is 7.95. The topological polar surface area (TPSA) is 32.3 Å². The molecule has 21 heavy (non-hydrogen) atoms. The average molecular weight is 306 g/mol. The van der Waals surface area contributed by atoms with Crippen LogP contribution < -0.4 is 5.32 Å². The molecule has 1 saturated heterocycles. The summed E-state index contributed by atoms with van der Waals surface area (Å²) in [7, 11) is 0. The Labute approximate surface area is 124 Å². The van der Waals surface area contributed by atoms with Crippen LogP contribution in [0.4, 0.5) is 13.2 Å². The zero-order valence-electron chi connectivity index (χ0n) is 12.6. The van der Waals surface area contributed by atoms with Crippen molar-refractivity contribution in [3.05, 3.63) is 0 Å². The third kappa shape index (κ3) is 5.85. The third-order valence-electron chi connectivity index (χ3n) is 4.31. The number of nitrogens with one attached hydrogen (secondary N) is 1. The van der Waals surface area contributed by atoms with Crippen LogP contribution in [0.3, 0.4) is 0 Å². The highest BCUT2D eigenvalue weighted by molar-refractivity contribution is 5.76. The van der Waals surface area contributed by atoms with Crippen LogP contribution in [0.2, 0.25) is 0 Å². The number of amides is 1. The fourth-order valence-electron chi connectivity index (χ4n) is 3.18. The van der Waals surface area contributed by atoms with E-state index in [-0.39, 0.29) is 11.9 Å². The molecule has 1 heterocycles. The van der Waals surface area contributed by atoms with E-state index in [4.69, 9.17) is 0 Å². The molecule has 1 aliphatic carbocycles. The Balaban J connectivity index is 1.90. The maximum Gasteiger partial charge on any atom is 0.401 e. The number of rotatable bonds is 6. The summed E-state index contributed by atoms with van der Waals surface area (Å²) >= 11 is 0. The van der Waals surface area contributed by atoms with Gasteiger partial charge in [0, 0.05) is 25.6 Å². The fourth-order valence-corrected chi connectivity index (χ4v) is 3.18. The van der Waals surface area contributed by atoms with Crippen molar-refractivity contribution in [3.63, 3.8) is 0 Å². The molecule has 2 rings (SSSR count). The predicted octanol–water partition coefficient (Wildman–Crippen LogP) is 2.96. The van der Waals surface area contributed by atoms with E-state index in [1.807, 2.05) is 6.92 Å². The molecule has 0 spiro atoms. The van der Waals surface area contributed by atoms with Gasteiger partial charge in [-0.25, -0.2) is 0 Å². The van der Waals surface area contributed by atoms with E-state index < -0.39 is 12.7 Å². The number of halogens is 3. The molecule has 0 aromatic rings. The molecular formula is C15H25F3N2O. The molecule has 2 fully saturated rings. The van der Waals surface area contributed by atoms with Crippen LogP contribution in [-0.2, 0) is 4.79 Å². The van der Waals surface area contributed by atoms with Crippen molar-refractivity contribution in [2.75, 3.05) is 19.6 Å². The second-order valence-electron chi connectivity index (χ2n) is 6.52. The van der Waals surface area contributed by atoms with E-state index >= 15 is 0 Å². The minimum atomic E-state index is -4.19. The average Bonchev–Trinajstić information content (AvgIpc) is 3.19. The molecule has 0 bridgehead atoms. The minimum Gasteiger partial charge on any atom is -0.341 e. The van der Waals surface area contributed by atoms with Gasteiger partial charge in [-0.2, -0.15) is 13.2 Å². The van der Waals surface area contributed by atoms with Gasteiger partial charge in [0.15, 0.2) is 0 Å². The van der Waals surface area contributed by atoms with Crippen molar-refractivity contribution >= 4 is 5.91 Å². The van der Waals surface area contributed by atoms with Crippen molar-refractivity contribution in [1.82, 2.24) is 10.2 Å². The van der Waals surface area contributed by atoms with Crippen molar-refractivity contribution in [1.29, 1.82) is 0 Å². The van der Waals surface area contributed by atoms with E-state index in [2.05, 4.69) is 5.32 Å². The second kappa shape index (κ2) is 6.99. The zero-order valence-corrected chi connectivity index (χ0v) is 12.6. The number of carbonyl (C=O) groups is 1. The summed E-state index contributed by atoms with van der Waals surface area (Å²) in [5.41, 5.74) is 0. The summed E-state index contributed by atoms with van der Waals surface area (Å²) in [6.07, 6.45) is 1.36. The van der Waals surface area contributed by atoms with Gasteiger partial charge in [-0.15, -0.1) is 0 Å². The van der Waals surface area contributed by atoms with Gasteiger partial charge in [0.05, 0.1) is 6.54 Å². The first kappa shape index (κ1) is 16.6. The number of carbonyl (C=O) groups excluding carboxylic acids is 1. The Morgan fingerprint density at radius 3 is 2.52 bits per heavy atom. The maximum atomic E-state index is 12.4. The van der Waals surface area contributed by atoms with Gasteiger partial charge in [-0.05, 0) is 31.1 Å². The van der Waals surface area contributed by atoms with Gasteiger partial charge >= 0.3 is 6.18 Å². The largest absolute Gasteiger partial charge is 0.401 e. The van der Waals surface area contributed by atoms with Crippen LogP contribution in [0.15, 0.2) is 0 Å². The molecule has 0 radical (unpaired) electrons. The first-order valence-corrected chi connectivity index (χ1v) is 7.95. The number of hydrogen-bond acceptors (Lipinski definition) is 2. The Kier molecular flexibility index (Phi) is 5.52. The molecular weight excluding hydrogens is 281 g/mol. The third-order valence-corrected chi connectivity index (χ3v) is 4.31. The summed E-state index contributed by atoms with van der Waals surface area (Å²) in [5, 5.41) is 2.59. The molecule has 1 saturated carbocycles. The van der Waals surface area contributed by atoms with Crippen LogP contribution in [0, 0.1) is 11.8 Å².